The fraction of sp³-hybridized carbons (Fsp3) is 0.947. The number of nitrogens with one attached hydrogen (secondary N) is 2. The van der Waals surface area contributed by atoms with Gasteiger partial charge in [-0.2, -0.15) is 0 Å². The molecule has 0 bridgehead atoms. The van der Waals surface area contributed by atoms with E-state index in [4.69, 9.17) is 0 Å². The quantitative estimate of drug-likeness (QED) is 0.836. The van der Waals surface area contributed by atoms with Gasteiger partial charge in [0.1, 0.15) is 0 Å². The molecule has 0 radical (unpaired) electrons. The van der Waals surface area contributed by atoms with Crippen LogP contribution in [0.5, 0.6) is 0 Å². The number of piperidine rings is 1. The monoisotopic (exact) mass is 321 g/mol. The van der Waals surface area contributed by atoms with E-state index < -0.39 is 0 Å². The Balaban J connectivity index is 1.48. The lowest BCUT2D eigenvalue weighted by atomic mass is 9.85. The summed E-state index contributed by atoms with van der Waals surface area (Å²) in [5.41, 5.74) is 0.0513. The van der Waals surface area contributed by atoms with E-state index in [9.17, 15) is 4.79 Å². The average Bonchev–Trinajstić information content (AvgIpc) is 2.97. The Hall–Kier alpha value is -0.610. The molecule has 23 heavy (non-hydrogen) atoms. The van der Waals surface area contributed by atoms with Crippen molar-refractivity contribution < 1.29 is 4.79 Å². The summed E-state index contributed by atoms with van der Waals surface area (Å²) in [4.78, 5) is 15.1. The minimum Gasteiger partial charge on any atom is -0.353 e. The molecule has 0 aromatic carbocycles. The van der Waals surface area contributed by atoms with Crippen LogP contribution in [0.15, 0.2) is 0 Å². The van der Waals surface area contributed by atoms with E-state index in [0.717, 1.165) is 31.3 Å². The predicted octanol–water partition coefficient (Wildman–Crippen LogP) is 2.53. The van der Waals surface area contributed by atoms with Gasteiger partial charge in [0.05, 0.1) is 6.04 Å². The van der Waals surface area contributed by atoms with Gasteiger partial charge in [0.2, 0.25) is 5.91 Å². The molecule has 0 spiro atoms. The van der Waals surface area contributed by atoms with Crippen LogP contribution < -0.4 is 10.6 Å². The summed E-state index contributed by atoms with van der Waals surface area (Å²) in [5.74, 6) is 1.73. The summed E-state index contributed by atoms with van der Waals surface area (Å²) in [5, 5.41) is 6.83. The molecule has 1 saturated carbocycles. The normalized spacial score (nSPS) is 35.8. The van der Waals surface area contributed by atoms with Gasteiger partial charge in [0, 0.05) is 24.7 Å². The maximum atomic E-state index is 12.6. The first-order valence-corrected chi connectivity index (χ1v) is 9.74. The highest BCUT2D eigenvalue weighted by atomic mass is 16.2. The van der Waals surface area contributed by atoms with E-state index in [2.05, 4.69) is 36.3 Å². The summed E-state index contributed by atoms with van der Waals surface area (Å²) in [7, 11) is 0. The molecule has 4 nitrogen and oxygen atoms in total. The van der Waals surface area contributed by atoms with Crippen LogP contribution in [-0.4, -0.2) is 48.1 Å². The number of carbonyl (C=O) groups excluding carboxylic acids is 1. The fourth-order valence-electron chi connectivity index (χ4n) is 4.80. The second-order valence-electron chi connectivity index (χ2n) is 8.83. The lowest BCUT2D eigenvalue weighted by molar-refractivity contribution is -0.123. The zero-order valence-electron chi connectivity index (χ0n) is 15.2. The maximum absolute atomic E-state index is 12.6. The smallest absolute Gasteiger partial charge is 0.237 e. The van der Waals surface area contributed by atoms with Crippen molar-refractivity contribution in [3.8, 4) is 0 Å². The Morgan fingerprint density at radius 2 is 2.00 bits per heavy atom. The van der Waals surface area contributed by atoms with E-state index in [1.54, 1.807) is 0 Å². The van der Waals surface area contributed by atoms with Gasteiger partial charge >= 0.3 is 0 Å². The van der Waals surface area contributed by atoms with Gasteiger partial charge in [0.15, 0.2) is 0 Å². The van der Waals surface area contributed by atoms with Gasteiger partial charge in [-0.25, -0.2) is 0 Å². The Morgan fingerprint density at radius 1 is 1.22 bits per heavy atom. The summed E-state index contributed by atoms with van der Waals surface area (Å²) in [6.07, 6.45) is 8.89. The highest BCUT2D eigenvalue weighted by molar-refractivity contribution is 5.82. The summed E-state index contributed by atoms with van der Waals surface area (Å²) >= 11 is 0. The van der Waals surface area contributed by atoms with Gasteiger partial charge in [0.25, 0.3) is 0 Å². The molecule has 132 valence electrons. The first-order valence-electron chi connectivity index (χ1n) is 9.74. The number of amides is 1. The van der Waals surface area contributed by atoms with E-state index in [-0.39, 0.29) is 17.5 Å². The molecule has 3 rings (SSSR count). The molecule has 4 heteroatoms. The number of rotatable bonds is 4. The van der Waals surface area contributed by atoms with Crippen molar-refractivity contribution in [2.45, 2.75) is 83.3 Å². The molecule has 1 amide bonds. The van der Waals surface area contributed by atoms with Crippen molar-refractivity contribution in [1.82, 2.24) is 15.5 Å². The Labute approximate surface area is 141 Å². The molecule has 4 unspecified atom stereocenters. The molecular weight excluding hydrogens is 286 g/mol. The second-order valence-corrected chi connectivity index (χ2v) is 8.83. The molecule has 2 N–H and O–H groups in total. The molecule has 0 aromatic heterocycles. The molecule has 2 aliphatic heterocycles. The minimum absolute atomic E-state index is 0.0409. The molecule has 3 fully saturated rings. The number of nitrogens with zero attached hydrogens (tertiary/aromatic N) is 1. The van der Waals surface area contributed by atoms with Crippen molar-refractivity contribution >= 4 is 5.91 Å². The zero-order chi connectivity index (χ0) is 16.4. The summed E-state index contributed by atoms with van der Waals surface area (Å²) < 4.78 is 0. The number of fused-ring (bicyclic) bond motifs is 1. The van der Waals surface area contributed by atoms with Gasteiger partial charge in [-0.3, -0.25) is 9.69 Å². The first-order chi connectivity index (χ1) is 11.0. The van der Waals surface area contributed by atoms with Crippen LogP contribution in [0.2, 0.25) is 0 Å². The van der Waals surface area contributed by atoms with Gasteiger partial charge in [-0.1, -0.05) is 19.8 Å². The van der Waals surface area contributed by atoms with Crippen LogP contribution in [-0.2, 0) is 4.79 Å². The third kappa shape index (κ3) is 4.08. The number of likely N-dealkylation sites (tertiary alicyclic amines) is 1. The third-order valence-corrected chi connectivity index (χ3v) is 6.39. The lowest BCUT2D eigenvalue weighted by Gasteiger charge is -2.43. The SMILES string of the molecule is CC1CCCN(C(C)(C)CNC(=O)C2CC3CCCCC3N2)C1. The maximum Gasteiger partial charge on any atom is 0.237 e. The third-order valence-electron chi connectivity index (χ3n) is 6.39. The van der Waals surface area contributed by atoms with Crippen molar-refractivity contribution in [2.75, 3.05) is 19.6 Å². The van der Waals surface area contributed by atoms with Gasteiger partial charge < -0.3 is 10.6 Å². The number of carbonyl (C=O) groups is 1. The van der Waals surface area contributed by atoms with Crippen molar-refractivity contribution in [3.05, 3.63) is 0 Å². The van der Waals surface area contributed by atoms with Crippen molar-refractivity contribution in [2.24, 2.45) is 11.8 Å². The standard InChI is InChI=1S/C19H35N3O/c1-14-7-6-10-22(12-14)19(2,3)13-20-18(23)17-11-15-8-4-5-9-16(15)21-17/h14-17,21H,4-13H2,1-3H3,(H,20,23). The van der Waals surface area contributed by atoms with Gasteiger partial charge in [-0.05, 0) is 64.3 Å². The average molecular weight is 322 g/mol. The topological polar surface area (TPSA) is 44.4 Å². The molecule has 4 atom stereocenters. The summed E-state index contributed by atoms with van der Waals surface area (Å²) in [6.45, 7) is 9.96. The van der Waals surface area contributed by atoms with Crippen LogP contribution in [0.25, 0.3) is 0 Å². The zero-order valence-corrected chi connectivity index (χ0v) is 15.2. The van der Waals surface area contributed by atoms with E-state index in [0.29, 0.717) is 6.04 Å². The molecule has 3 aliphatic rings. The molecular formula is C19H35N3O. The Bertz CT molecular complexity index is 409. The van der Waals surface area contributed by atoms with Crippen molar-refractivity contribution in [1.29, 1.82) is 0 Å². The van der Waals surface area contributed by atoms with Crippen molar-refractivity contribution in [3.63, 3.8) is 0 Å². The molecule has 2 heterocycles. The fourth-order valence-corrected chi connectivity index (χ4v) is 4.80. The minimum atomic E-state index is 0.0409. The number of hydrogen-bond acceptors (Lipinski definition) is 3. The Morgan fingerprint density at radius 3 is 2.74 bits per heavy atom. The van der Waals surface area contributed by atoms with E-state index in [1.165, 1.54) is 45.1 Å². The highest BCUT2D eigenvalue weighted by Gasteiger charge is 2.39. The molecule has 1 aliphatic carbocycles. The molecule has 2 saturated heterocycles. The van der Waals surface area contributed by atoms with Crippen LogP contribution in [0, 0.1) is 11.8 Å². The first kappa shape index (κ1) is 17.2. The summed E-state index contributed by atoms with van der Waals surface area (Å²) in [6, 6.07) is 0.634. The van der Waals surface area contributed by atoms with E-state index in [1.807, 2.05) is 0 Å². The largest absolute Gasteiger partial charge is 0.353 e. The second kappa shape index (κ2) is 7.10. The van der Waals surface area contributed by atoms with Crippen LogP contribution in [0.3, 0.4) is 0 Å². The van der Waals surface area contributed by atoms with Crippen LogP contribution in [0.1, 0.15) is 65.7 Å². The van der Waals surface area contributed by atoms with Gasteiger partial charge in [-0.15, -0.1) is 0 Å². The predicted molar refractivity (Wildman–Crippen MR) is 94.3 cm³/mol. The highest BCUT2D eigenvalue weighted by Crippen LogP contribution is 2.33. The number of hydrogen-bond donors (Lipinski definition) is 2. The van der Waals surface area contributed by atoms with Crippen LogP contribution in [0.4, 0.5) is 0 Å². The van der Waals surface area contributed by atoms with Crippen LogP contribution >= 0.6 is 0 Å². The lowest BCUT2D eigenvalue weighted by Crippen LogP contribution is -2.56. The molecule has 0 aromatic rings. The van der Waals surface area contributed by atoms with E-state index >= 15 is 0 Å². The Kier molecular flexibility index (Phi) is 5.32.